The number of aromatic nitrogens is 2. The number of methoxy groups -OCH3 is 1. The third-order valence-electron chi connectivity index (χ3n) is 3.97. The molecule has 0 amide bonds. The number of ether oxygens (including phenoxy) is 1. The Bertz CT molecular complexity index is 415. The van der Waals surface area contributed by atoms with Crippen molar-refractivity contribution >= 4 is 11.6 Å². The molecule has 1 heterocycles. The summed E-state index contributed by atoms with van der Waals surface area (Å²) < 4.78 is 5.36. The Kier molecular flexibility index (Phi) is 3.59. The zero-order valence-electron chi connectivity index (χ0n) is 11.6. The molecule has 100 valence electrons. The smallest absolute Gasteiger partial charge is 0.204 e. The molecule has 2 rings (SSSR count). The van der Waals surface area contributed by atoms with E-state index < -0.39 is 0 Å². The van der Waals surface area contributed by atoms with E-state index in [2.05, 4.69) is 34.4 Å². The zero-order chi connectivity index (χ0) is 13.2. The number of hydrogen-bond acceptors (Lipinski definition) is 5. The quantitative estimate of drug-likeness (QED) is 0.811. The minimum atomic E-state index is 0.440. The Balaban J connectivity index is 2.10. The normalized spacial score (nSPS) is 16.5. The molecule has 1 saturated carbocycles. The molecular weight excluding hydrogens is 228 g/mol. The lowest BCUT2D eigenvalue weighted by molar-refractivity contribution is 0.377. The van der Waals surface area contributed by atoms with Gasteiger partial charge in [0.25, 0.3) is 0 Å². The van der Waals surface area contributed by atoms with Gasteiger partial charge in [0.15, 0.2) is 11.6 Å². The van der Waals surface area contributed by atoms with Crippen LogP contribution < -0.4 is 15.4 Å². The van der Waals surface area contributed by atoms with Crippen LogP contribution in [0.25, 0.3) is 0 Å². The molecule has 5 nitrogen and oxygen atoms in total. The van der Waals surface area contributed by atoms with Gasteiger partial charge in [-0.05, 0) is 24.2 Å². The lowest BCUT2D eigenvalue weighted by Crippen LogP contribution is -2.21. The fraction of sp³-hybridized carbons (Fsp3) is 0.692. The van der Waals surface area contributed by atoms with E-state index in [1.54, 1.807) is 13.4 Å². The first-order valence-corrected chi connectivity index (χ1v) is 6.43. The van der Waals surface area contributed by atoms with Crippen LogP contribution in [-0.4, -0.2) is 30.7 Å². The van der Waals surface area contributed by atoms with Gasteiger partial charge in [0.1, 0.15) is 6.33 Å². The van der Waals surface area contributed by atoms with Gasteiger partial charge in [-0.25, -0.2) is 9.97 Å². The van der Waals surface area contributed by atoms with Gasteiger partial charge in [-0.15, -0.1) is 0 Å². The summed E-state index contributed by atoms with van der Waals surface area (Å²) in [6, 6.07) is 0. The molecule has 1 aliphatic rings. The van der Waals surface area contributed by atoms with Crippen LogP contribution in [0, 0.1) is 11.3 Å². The molecule has 18 heavy (non-hydrogen) atoms. The van der Waals surface area contributed by atoms with Crippen molar-refractivity contribution in [2.45, 2.75) is 26.7 Å². The van der Waals surface area contributed by atoms with Crippen molar-refractivity contribution in [2.24, 2.45) is 11.3 Å². The van der Waals surface area contributed by atoms with Gasteiger partial charge in [-0.3, -0.25) is 0 Å². The van der Waals surface area contributed by atoms with Crippen molar-refractivity contribution in [2.75, 3.05) is 31.3 Å². The molecule has 0 aromatic carbocycles. The third kappa shape index (κ3) is 2.35. The summed E-state index contributed by atoms with van der Waals surface area (Å²) in [4.78, 5) is 8.40. The lowest BCUT2D eigenvalue weighted by atomic mass is 9.92. The fourth-order valence-electron chi connectivity index (χ4n) is 2.25. The van der Waals surface area contributed by atoms with Crippen LogP contribution in [-0.2, 0) is 0 Å². The van der Waals surface area contributed by atoms with Gasteiger partial charge < -0.3 is 15.4 Å². The second kappa shape index (κ2) is 5.00. The molecule has 0 radical (unpaired) electrons. The highest BCUT2D eigenvalue weighted by Gasteiger charge is 2.45. The summed E-state index contributed by atoms with van der Waals surface area (Å²) in [5.41, 5.74) is 0.440. The van der Waals surface area contributed by atoms with E-state index in [9.17, 15) is 0 Å². The maximum atomic E-state index is 5.36. The molecule has 0 bridgehead atoms. The van der Waals surface area contributed by atoms with Crippen LogP contribution in [0.3, 0.4) is 0 Å². The minimum Gasteiger partial charge on any atom is -0.490 e. The minimum absolute atomic E-state index is 0.440. The van der Waals surface area contributed by atoms with Crippen LogP contribution >= 0.6 is 0 Å². The Hall–Kier alpha value is -1.52. The van der Waals surface area contributed by atoms with E-state index in [1.165, 1.54) is 12.8 Å². The summed E-state index contributed by atoms with van der Waals surface area (Å²) in [6.45, 7) is 5.51. The topological polar surface area (TPSA) is 59.1 Å². The van der Waals surface area contributed by atoms with Gasteiger partial charge in [-0.2, -0.15) is 0 Å². The van der Waals surface area contributed by atoms with Gasteiger partial charge in [0.2, 0.25) is 5.75 Å². The van der Waals surface area contributed by atoms with Crippen LogP contribution in [0.2, 0.25) is 0 Å². The molecule has 0 spiro atoms. The number of hydrogen-bond donors (Lipinski definition) is 2. The highest BCUT2D eigenvalue weighted by molar-refractivity contribution is 5.63. The molecule has 0 aliphatic heterocycles. The summed E-state index contributed by atoms with van der Waals surface area (Å²) in [6.07, 6.45) is 4.14. The van der Waals surface area contributed by atoms with Crippen LogP contribution in [0.15, 0.2) is 6.33 Å². The van der Waals surface area contributed by atoms with E-state index in [-0.39, 0.29) is 0 Å². The van der Waals surface area contributed by atoms with Crippen LogP contribution in [0.4, 0.5) is 11.6 Å². The number of nitrogens with one attached hydrogen (secondary N) is 2. The van der Waals surface area contributed by atoms with Crippen molar-refractivity contribution in [3.63, 3.8) is 0 Å². The lowest BCUT2D eigenvalue weighted by Gasteiger charge is -2.21. The molecule has 0 atom stereocenters. The van der Waals surface area contributed by atoms with Crippen molar-refractivity contribution in [1.82, 2.24) is 9.97 Å². The van der Waals surface area contributed by atoms with Crippen molar-refractivity contribution in [1.29, 1.82) is 0 Å². The predicted octanol–water partition coefficient (Wildman–Crippen LogP) is 2.38. The van der Waals surface area contributed by atoms with Crippen LogP contribution in [0.1, 0.15) is 26.7 Å². The molecule has 1 aromatic rings. The monoisotopic (exact) mass is 250 g/mol. The largest absolute Gasteiger partial charge is 0.490 e. The molecule has 1 aliphatic carbocycles. The third-order valence-corrected chi connectivity index (χ3v) is 3.97. The van der Waals surface area contributed by atoms with Crippen molar-refractivity contribution in [3.8, 4) is 5.75 Å². The SMILES string of the molecule is CNc1ncnc(NCC2(C(C)C)CC2)c1OC. The van der Waals surface area contributed by atoms with E-state index in [0.29, 0.717) is 22.9 Å². The first-order chi connectivity index (χ1) is 8.63. The van der Waals surface area contributed by atoms with Gasteiger partial charge in [-0.1, -0.05) is 13.8 Å². The van der Waals surface area contributed by atoms with Crippen molar-refractivity contribution in [3.05, 3.63) is 6.33 Å². The molecule has 2 N–H and O–H groups in total. The van der Waals surface area contributed by atoms with E-state index in [1.807, 2.05) is 7.05 Å². The molecule has 1 aromatic heterocycles. The number of anilines is 2. The number of rotatable bonds is 6. The van der Waals surface area contributed by atoms with Gasteiger partial charge in [0.05, 0.1) is 7.11 Å². The summed E-state index contributed by atoms with van der Waals surface area (Å²) in [5.74, 6) is 2.86. The first-order valence-electron chi connectivity index (χ1n) is 6.43. The predicted molar refractivity (Wildman–Crippen MR) is 73.1 cm³/mol. The standard InChI is InChI=1S/C13H22N4O/c1-9(2)13(5-6-13)7-15-12-10(18-4)11(14-3)16-8-17-12/h8-9H,5-7H2,1-4H3,(H2,14,15,16,17). The second-order valence-corrected chi connectivity index (χ2v) is 5.22. The highest BCUT2D eigenvalue weighted by atomic mass is 16.5. The van der Waals surface area contributed by atoms with E-state index >= 15 is 0 Å². The average Bonchev–Trinajstić information content (AvgIpc) is 3.16. The number of nitrogens with zero attached hydrogens (tertiary/aromatic N) is 2. The summed E-state index contributed by atoms with van der Waals surface area (Å²) in [7, 11) is 3.46. The maximum absolute atomic E-state index is 5.36. The Morgan fingerprint density at radius 1 is 1.33 bits per heavy atom. The molecule has 0 saturated heterocycles. The van der Waals surface area contributed by atoms with Gasteiger partial charge in [0, 0.05) is 13.6 Å². The Morgan fingerprint density at radius 2 is 2.00 bits per heavy atom. The zero-order valence-corrected chi connectivity index (χ0v) is 11.6. The second-order valence-electron chi connectivity index (χ2n) is 5.22. The Morgan fingerprint density at radius 3 is 2.50 bits per heavy atom. The molecule has 1 fully saturated rings. The van der Waals surface area contributed by atoms with Gasteiger partial charge >= 0.3 is 0 Å². The summed E-state index contributed by atoms with van der Waals surface area (Å²) in [5, 5.41) is 6.41. The van der Waals surface area contributed by atoms with E-state index in [4.69, 9.17) is 4.74 Å². The average molecular weight is 250 g/mol. The molecular formula is C13H22N4O. The van der Waals surface area contributed by atoms with Crippen LogP contribution in [0.5, 0.6) is 5.75 Å². The molecule has 5 heteroatoms. The molecule has 0 unspecified atom stereocenters. The van der Waals surface area contributed by atoms with Crippen molar-refractivity contribution < 1.29 is 4.74 Å². The van der Waals surface area contributed by atoms with E-state index in [0.717, 1.165) is 12.4 Å². The maximum Gasteiger partial charge on any atom is 0.204 e. The first kappa shape index (κ1) is 12.9. The Labute approximate surface area is 108 Å². The highest BCUT2D eigenvalue weighted by Crippen LogP contribution is 2.51. The fourth-order valence-corrected chi connectivity index (χ4v) is 2.25. The summed E-state index contributed by atoms with van der Waals surface area (Å²) >= 11 is 0.